The first-order chi connectivity index (χ1) is 4.97. The molecule has 0 aromatic rings. The van der Waals surface area contributed by atoms with Crippen molar-refractivity contribution >= 4 is 0 Å². The zero-order chi connectivity index (χ0) is 6.81. The molecule has 2 aliphatic heterocycles. The second kappa shape index (κ2) is 2.89. The van der Waals surface area contributed by atoms with Crippen molar-refractivity contribution in [1.82, 2.24) is 0 Å². The highest BCUT2D eigenvalue weighted by atomic mass is 16.5. The minimum absolute atomic E-state index is 0.433. The molecule has 0 saturated carbocycles. The Balaban J connectivity index is 1.95. The minimum atomic E-state index is 0.433. The molecule has 0 aliphatic carbocycles. The molecule has 0 N–H and O–H groups in total. The molecule has 2 aliphatic rings. The Hall–Kier alpha value is -0.0800. The van der Waals surface area contributed by atoms with E-state index in [2.05, 4.69) is 0 Å². The third-order valence-electron chi connectivity index (χ3n) is 2.44. The summed E-state index contributed by atoms with van der Waals surface area (Å²) in [5, 5.41) is 0. The molecule has 0 bridgehead atoms. The van der Waals surface area contributed by atoms with Crippen LogP contribution in [0.2, 0.25) is 0 Å². The summed E-state index contributed by atoms with van der Waals surface area (Å²) in [7, 11) is 0. The molecule has 2 atom stereocenters. The smallest absolute Gasteiger partial charge is 0.0858 e. The van der Waals surface area contributed by atoms with Crippen LogP contribution < -0.4 is 0 Å². The van der Waals surface area contributed by atoms with E-state index in [1.165, 1.54) is 19.3 Å². The summed E-state index contributed by atoms with van der Waals surface area (Å²) in [5.41, 5.74) is 0. The quantitative estimate of drug-likeness (QED) is 0.506. The van der Waals surface area contributed by atoms with Gasteiger partial charge >= 0.3 is 0 Å². The number of hydrogen-bond acceptors (Lipinski definition) is 2. The van der Waals surface area contributed by atoms with Crippen molar-refractivity contribution < 1.29 is 9.47 Å². The van der Waals surface area contributed by atoms with Gasteiger partial charge < -0.3 is 9.47 Å². The topological polar surface area (TPSA) is 18.5 Å². The molecule has 2 heterocycles. The molecule has 2 rings (SSSR count). The Kier molecular flexibility index (Phi) is 1.91. The van der Waals surface area contributed by atoms with Crippen molar-refractivity contribution in [1.29, 1.82) is 0 Å². The Morgan fingerprint density at radius 1 is 1.10 bits per heavy atom. The predicted molar refractivity (Wildman–Crippen MR) is 37.9 cm³/mol. The molecule has 0 aromatic carbocycles. The summed E-state index contributed by atoms with van der Waals surface area (Å²) < 4.78 is 10.9. The highest BCUT2D eigenvalue weighted by Gasteiger charge is 2.29. The van der Waals surface area contributed by atoms with E-state index in [0.29, 0.717) is 12.0 Å². The molecule has 58 valence electrons. The fraction of sp³-hybridized carbons (Fsp3) is 1.00. The molecule has 0 radical (unpaired) electrons. The summed E-state index contributed by atoms with van der Waals surface area (Å²) in [4.78, 5) is 0. The minimum Gasteiger partial charge on any atom is -0.378 e. The van der Waals surface area contributed by atoms with Gasteiger partial charge in [0.1, 0.15) is 0 Å². The zero-order valence-electron chi connectivity index (χ0n) is 6.21. The van der Waals surface area contributed by atoms with E-state index in [1.807, 2.05) is 0 Å². The summed E-state index contributed by atoms with van der Waals surface area (Å²) >= 11 is 0. The lowest BCUT2D eigenvalue weighted by Crippen LogP contribution is -2.19. The van der Waals surface area contributed by atoms with Gasteiger partial charge in [-0.05, 0) is 12.8 Å². The van der Waals surface area contributed by atoms with Crippen LogP contribution >= 0.6 is 0 Å². The van der Waals surface area contributed by atoms with Gasteiger partial charge in [-0.25, -0.2) is 0 Å². The Bertz CT molecular complexity index is 102. The standard InChI is InChI=1S/C8H14O2/c1-2-4-10-8-6-9-5-7(8)3-1/h7-8H,1-6H2. The molecule has 10 heavy (non-hydrogen) atoms. The molecule has 0 spiro atoms. The number of hydrogen-bond donors (Lipinski definition) is 0. The Morgan fingerprint density at radius 3 is 3.10 bits per heavy atom. The first kappa shape index (κ1) is 6.62. The molecular formula is C8H14O2. The average molecular weight is 142 g/mol. The van der Waals surface area contributed by atoms with E-state index in [1.54, 1.807) is 0 Å². The van der Waals surface area contributed by atoms with Crippen LogP contribution in [0.25, 0.3) is 0 Å². The largest absolute Gasteiger partial charge is 0.378 e. The number of fused-ring (bicyclic) bond motifs is 1. The van der Waals surface area contributed by atoms with E-state index in [9.17, 15) is 0 Å². The van der Waals surface area contributed by atoms with E-state index in [-0.39, 0.29) is 0 Å². The van der Waals surface area contributed by atoms with Gasteiger partial charge in [0.25, 0.3) is 0 Å². The van der Waals surface area contributed by atoms with E-state index < -0.39 is 0 Å². The lowest BCUT2D eigenvalue weighted by atomic mass is 10.0. The molecule has 2 fully saturated rings. The average Bonchev–Trinajstić information content (AvgIpc) is 2.28. The lowest BCUT2D eigenvalue weighted by molar-refractivity contribution is 0.0360. The van der Waals surface area contributed by atoms with Crippen molar-refractivity contribution in [3.8, 4) is 0 Å². The second-order valence-electron chi connectivity index (χ2n) is 3.20. The number of ether oxygens (including phenoxy) is 2. The van der Waals surface area contributed by atoms with Crippen molar-refractivity contribution in [2.75, 3.05) is 19.8 Å². The molecule has 0 aromatic heterocycles. The lowest BCUT2D eigenvalue weighted by Gasteiger charge is -2.12. The molecule has 0 amide bonds. The van der Waals surface area contributed by atoms with Gasteiger partial charge in [0.2, 0.25) is 0 Å². The normalized spacial score (nSPS) is 40.8. The molecule has 2 heteroatoms. The van der Waals surface area contributed by atoms with E-state index in [4.69, 9.17) is 9.47 Å². The van der Waals surface area contributed by atoms with Gasteiger partial charge in [-0.3, -0.25) is 0 Å². The first-order valence-electron chi connectivity index (χ1n) is 4.16. The van der Waals surface area contributed by atoms with Gasteiger partial charge in [-0.15, -0.1) is 0 Å². The Morgan fingerprint density at radius 2 is 2.10 bits per heavy atom. The second-order valence-corrected chi connectivity index (χ2v) is 3.20. The molecule has 2 saturated heterocycles. The van der Waals surface area contributed by atoms with Gasteiger partial charge in [0.05, 0.1) is 19.3 Å². The fourth-order valence-electron chi connectivity index (χ4n) is 1.78. The van der Waals surface area contributed by atoms with Crippen LogP contribution in [-0.4, -0.2) is 25.9 Å². The first-order valence-corrected chi connectivity index (χ1v) is 4.16. The van der Waals surface area contributed by atoms with Gasteiger partial charge in [-0.2, -0.15) is 0 Å². The maximum Gasteiger partial charge on any atom is 0.0858 e. The van der Waals surface area contributed by atoms with Crippen LogP contribution in [0.3, 0.4) is 0 Å². The van der Waals surface area contributed by atoms with Gasteiger partial charge in [0, 0.05) is 12.5 Å². The van der Waals surface area contributed by atoms with Crippen LogP contribution in [-0.2, 0) is 9.47 Å². The van der Waals surface area contributed by atoms with Crippen LogP contribution in [0.1, 0.15) is 19.3 Å². The highest BCUT2D eigenvalue weighted by molar-refractivity contribution is 4.77. The van der Waals surface area contributed by atoms with Crippen molar-refractivity contribution in [2.24, 2.45) is 5.92 Å². The third kappa shape index (κ3) is 1.18. The summed E-state index contributed by atoms with van der Waals surface area (Å²) in [5.74, 6) is 0.711. The van der Waals surface area contributed by atoms with Crippen LogP contribution in [0.5, 0.6) is 0 Å². The fourth-order valence-corrected chi connectivity index (χ4v) is 1.78. The van der Waals surface area contributed by atoms with Gasteiger partial charge in [0.15, 0.2) is 0 Å². The van der Waals surface area contributed by atoms with Crippen LogP contribution in [0, 0.1) is 5.92 Å². The molecule has 2 unspecified atom stereocenters. The van der Waals surface area contributed by atoms with Crippen LogP contribution in [0.4, 0.5) is 0 Å². The summed E-state index contributed by atoms with van der Waals surface area (Å²) in [6.45, 7) is 2.72. The van der Waals surface area contributed by atoms with Gasteiger partial charge in [-0.1, -0.05) is 6.42 Å². The zero-order valence-corrected chi connectivity index (χ0v) is 6.21. The van der Waals surface area contributed by atoms with E-state index >= 15 is 0 Å². The summed E-state index contributed by atoms with van der Waals surface area (Å²) in [6, 6.07) is 0. The number of rotatable bonds is 0. The predicted octanol–water partition coefficient (Wildman–Crippen LogP) is 1.20. The molecule has 2 nitrogen and oxygen atoms in total. The van der Waals surface area contributed by atoms with Crippen molar-refractivity contribution in [3.05, 3.63) is 0 Å². The third-order valence-corrected chi connectivity index (χ3v) is 2.44. The highest BCUT2D eigenvalue weighted by Crippen LogP contribution is 2.25. The van der Waals surface area contributed by atoms with Crippen molar-refractivity contribution in [3.63, 3.8) is 0 Å². The maximum absolute atomic E-state index is 5.60. The van der Waals surface area contributed by atoms with E-state index in [0.717, 1.165) is 19.8 Å². The molecular weight excluding hydrogens is 128 g/mol. The van der Waals surface area contributed by atoms with Crippen molar-refractivity contribution in [2.45, 2.75) is 25.4 Å². The maximum atomic E-state index is 5.60. The van der Waals surface area contributed by atoms with Crippen LogP contribution in [0.15, 0.2) is 0 Å². The SMILES string of the molecule is C1CCC2COCC2OC1. The monoisotopic (exact) mass is 142 g/mol. The summed E-state index contributed by atoms with van der Waals surface area (Å²) in [6.07, 6.45) is 4.31. The Labute approximate surface area is 61.5 Å².